The SMILES string of the molecule is c1ccc(-c2nc(-c3ccccc3)nc(-c3cccc4sc5ccc(-c6ccc(-c7ccc8c9ccccc9c9ccccc9c8c7)cn6)cc5c34)n2)cc1. The second kappa shape index (κ2) is 12.8. The molecule has 5 heteroatoms. The second-order valence-corrected chi connectivity index (χ2v) is 14.9. The van der Waals surface area contributed by atoms with Gasteiger partial charge in [-0.3, -0.25) is 4.98 Å². The van der Waals surface area contributed by atoms with Gasteiger partial charge in [-0.15, -0.1) is 11.3 Å². The van der Waals surface area contributed by atoms with Gasteiger partial charge in [0.1, 0.15) is 0 Å². The summed E-state index contributed by atoms with van der Waals surface area (Å²) in [6, 6.07) is 61.9. The van der Waals surface area contributed by atoms with Crippen molar-refractivity contribution in [3.8, 4) is 56.5 Å². The van der Waals surface area contributed by atoms with E-state index in [1.165, 1.54) is 41.7 Å². The molecule has 3 aromatic heterocycles. The Labute approximate surface area is 321 Å². The van der Waals surface area contributed by atoms with Crippen LogP contribution in [0, 0.1) is 0 Å². The van der Waals surface area contributed by atoms with E-state index < -0.39 is 0 Å². The number of hydrogen-bond acceptors (Lipinski definition) is 5. The molecular weight excluding hydrogens is 689 g/mol. The minimum atomic E-state index is 0.652. The molecule has 8 aromatic carbocycles. The molecule has 0 aliphatic rings. The number of aromatic nitrogens is 4. The molecule has 0 bridgehead atoms. The Bertz CT molecular complexity index is 3150. The van der Waals surface area contributed by atoms with E-state index in [9.17, 15) is 0 Å². The first-order chi connectivity index (χ1) is 27.2. The highest BCUT2D eigenvalue weighted by molar-refractivity contribution is 7.26. The first kappa shape index (κ1) is 31.4. The van der Waals surface area contributed by atoms with Crippen LogP contribution in [0.25, 0.3) is 109 Å². The molecule has 0 N–H and O–H groups in total. The second-order valence-electron chi connectivity index (χ2n) is 13.8. The summed E-state index contributed by atoms with van der Waals surface area (Å²) >= 11 is 1.79. The molecule has 3 heterocycles. The van der Waals surface area contributed by atoms with Crippen molar-refractivity contribution in [3.63, 3.8) is 0 Å². The van der Waals surface area contributed by atoms with Gasteiger partial charge in [0.2, 0.25) is 0 Å². The van der Waals surface area contributed by atoms with Crippen molar-refractivity contribution in [2.45, 2.75) is 0 Å². The van der Waals surface area contributed by atoms with E-state index in [1.807, 2.05) is 66.9 Å². The van der Waals surface area contributed by atoms with Gasteiger partial charge in [-0.1, -0.05) is 146 Å². The highest BCUT2D eigenvalue weighted by Crippen LogP contribution is 2.42. The van der Waals surface area contributed by atoms with Crippen molar-refractivity contribution in [2.24, 2.45) is 0 Å². The predicted molar refractivity (Wildman–Crippen MR) is 230 cm³/mol. The highest BCUT2D eigenvalue weighted by Gasteiger charge is 2.18. The smallest absolute Gasteiger partial charge is 0.164 e. The van der Waals surface area contributed by atoms with Crippen molar-refractivity contribution >= 4 is 63.8 Å². The molecule has 11 rings (SSSR count). The zero-order valence-electron chi connectivity index (χ0n) is 29.5. The Kier molecular flexibility index (Phi) is 7.32. The fraction of sp³-hybridized carbons (Fsp3) is 0. The summed E-state index contributed by atoms with van der Waals surface area (Å²) in [5.74, 6) is 1.96. The van der Waals surface area contributed by atoms with E-state index in [0.717, 1.165) is 49.8 Å². The van der Waals surface area contributed by atoms with Crippen LogP contribution in [0.2, 0.25) is 0 Å². The van der Waals surface area contributed by atoms with Gasteiger partial charge in [-0.2, -0.15) is 0 Å². The van der Waals surface area contributed by atoms with Gasteiger partial charge in [0.15, 0.2) is 17.5 Å². The highest BCUT2D eigenvalue weighted by atomic mass is 32.1. The molecule has 0 saturated carbocycles. The third kappa shape index (κ3) is 5.36. The Balaban J connectivity index is 1.01. The van der Waals surface area contributed by atoms with Gasteiger partial charge in [0.25, 0.3) is 0 Å². The lowest BCUT2D eigenvalue weighted by molar-refractivity contribution is 1.08. The van der Waals surface area contributed by atoms with Crippen LogP contribution < -0.4 is 0 Å². The maximum absolute atomic E-state index is 5.08. The summed E-state index contributed by atoms with van der Waals surface area (Å²) in [7, 11) is 0. The minimum Gasteiger partial charge on any atom is -0.256 e. The van der Waals surface area contributed by atoms with Crippen LogP contribution in [0.4, 0.5) is 0 Å². The lowest BCUT2D eigenvalue weighted by Crippen LogP contribution is -2.00. The molecule has 55 heavy (non-hydrogen) atoms. The zero-order valence-corrected chi connectivity index (χ0v) is 30.3. The van der Waals surface area contributed by atoms with Gasteiger partial charge >= 0.3 is 0 Å². The standard InChI is InChI=1S/C50H30N4S/c1-3-12-31(13-4-1)48-52-49(32-14-5-2-6-15-32)54-50(53-48)41-20-11-21-46-47(41)43-29-34(24-27-45(43)55-46)44-26-23-35(30-51-44)33-22-25-40-38-18-8-7-16-36(38)37-17-9-10-19-39(37)42(40)28-33/h1-30H. The molecule has 0 atom stereocenters. The van der Waals surface area contributed by atoms with Crippen molar-refractivity contribution in [1.82, 2.24) is 19.9 Å². The number of thiophene rings is 1. The Morgan fingerprint density at radius 3 is 1.51 bits per heavy atom. The summed E-state index contributed by atoms with van der Waals surface area (Å²) < 4.78 is 2.40. The lowest BCUT2D eigenvalue weighted by Gasteiger charge is -2.12. The van der Waals surface area contributed by atoms with Crippen LogP contribution >= 0.6 is 11.3 Å². The number of pyridine rings is 1. The number of hydrogen-bond donors (Lipinski definition) is 0. The Morgan fingerprint density at radius 2 is 0.873 bits per heavy atom. The van der Waals surface area contributed by atoms with Crippen LogP contribution in [0.1, 0.15) is 0 Å². The van der Waals surface area contributed by atoms with Crippen LogP contribution in [0.15, 0.2) is 182 Å². The van der Waals surface area contributed by atoms with Crippen LogP contribution in [-0.2, 0) is 0 Å². The molecule has 0 spiro atoms. The number of fused-ring (bicyclic) bond motifs is 9. The van der Waals surface area contributed by atoms with Crippen LogP contribution in [0.3, 0.4) is 0 Å². The van der Waals surface area contributed by atoms with E-state index >= 15 is 0 Å². The Hall–Kier alpha value is -7.08. The summed E-state index contributed by atoms with van der Waals surface area (Å²) in [6.07, 6.45) is 2.00. The molecular formula is C50H30N4S. The lowest BCUT2D eigenvalue weighted by atomic mass is 9.92. The number of nitrogens with zero attached hydrogens (tertiary/aromatic N) is 4. The summed E-state index contributed by atoms with van der Waals surface area (Å²) in [4.78, 5) is 20.1. The quantitative estimate of drug-likeness (QED) is 0.166. The van der Waals surface area contributed by atoms with Gasteiger partial charge in [0, 0.05) is 54.2 Å². The van der Waals surface area contributed by atoms with Crippen molar-refractivity contribution in [2.75, 3.05) is 0 Å². The van der Waals surface area contributed by atoms with E-state index in [1.54, 1.807) is 11.3 Å². The number of rotatable bonds is 5. The zero-order chi connectivity index (χ0) is 36.3. The molecule has 0 radical (unpaired) electrons. The van der Waals surface area contributed by atoms with Crippen molar-refractivity contribution in [1.29, 1.82) is 0 Å². The molecule has 256 valence electrons. The molecule has 4 nitrogen and oxygen atoms in total. The van der Waals surface area contributed by atoms with Gasteiger partial charge in [-0.25, -0.2) is 15.0 Å². The van der Waals surface area contributed by atoms with E-state index in [0.29, 0.717) is 17.5 Å². The fourth-order valence-corrected chi connectivity index (χ4v) is 9.04. The van der Waals surface area contributed by atoms with E-state index in [4.69, 9.17) is 19.9 Å². The van der Waals surface area contributed by atoms with Crippen LogP contribution in [0.5, 0.6) is 0 Å². The minimum absolute atomic E-state index is 0.652. The molecule has 0 fully saturated rings. The van der Waals surface area contributed by atoms with E-state index in [-0.39, 0.29) is 0 Å². The summed E-state index contributed by atoms with van der Waals surface area (Å²) in [5, 5.41) is 9.93. The molecule has 11 aromatic rings. The molecule has 0 aliphatic carbocycles. The van der Waals surface area contributed by atoms with Gasteiger partial charge < -0.3 is 0 Å². The summed E-state index contributed by atoms with van der Waals surface area (Å²) in [5.41, 5.74) is 7.12. The normalized spacial score (nSPS) is 11.6. The summed E-state index contributed by atoms with van der Waals surface area (Å²) in [6.45, 7) is 0. The number of benzene rings is 8. The van der Waals surface area contributed by atoms with Gasteiger partial charge in [-0.05, 0) is 68.2 Å². The maximum atomic E-state index is 5.08. The molecule has 0 saturated heterocycles. The topological polar surface area (TPSA) is 51.6 Å². The van der Waals surface area contributed by atoms with Crippen LogP contribution in [-0.4, -0.2) is 19.9 Å². The van der Waals surface area contributed by atoms with E-state index in [2.05, 4.69) is 115 Å². The first-order valence-electron chi connectivity index (χ1n) is 18.4. The first-order valence-corrected chi connectivity index (χ1v) is 19.2. The van der Waals surface area contributed by atoms with Crippen molar-refractivity contribution in [3.05, 3.63) is 182 Å². The maximum Gasteiger partial charge on any atom is 0.164 e. The third-order valence-electron chi connectivity index (χ3n) is 10.6. The van der Waals surface area contributed by atoms with Gasteiger partial charge in [0.05, 0.1) is 5.69 Å². The Morgan fingerprint density at radius 1 is 0.327 bits per heavy atom. The molecule has 0 aliphatic heterocycles. The fourth-order valence-electron chi connectivity index (χ4n) is 7.92. The molecule has 0 amide bonds. The third-order valence-corrected chi connectivity index (χ3v) is 11.7. The molecule has 0 unspecified atom stereocenters. The largest absolute Gasteiger partial charge is 0.256 e. The monoisotopic (exact) mass is 718 g/mol. The average Bonchev–Trinajstić information content (AvgIpc) is 3.65. The van der Waals surface area contributed by atoms with Crippen molar-refractivity contribution < 1.29 is 0 Å². The predicted octanol–water partition coefficient (Wildman–Crippen LogP) is 13.4. The average molecular weight is 719 g/mol.